The van der Waals surface area contributed by atoms with Gasteiger partial charge in [-0.2, -0.15) is 0 Å². The van der Waals surface area contributed by atoms with Gasteiger partial charge in [0.15, 0.2) is 0 Å². The summed E-state index contributed by atoms with van der Waals surface area (Å²) < 4.78 is 32.1. The van der Waals surface area contributed by atoms with Gasteiger partial charge in [0, 0.05) is 69.7 Å². The second kappa shape index (κ2) is 38.4. The van der Waals surface area contributed by atoms with Crippen molar-refractivity contribution in [3.05, 3.63) is 30.3 Å². The van der Waals surface area contributed by atoms with Crippen LogP contribution in [0, 0.1) is 76.7 Å². The number of carbonyl (C=O) groups excluding carboxylic acids is 7. The number of ether oxygens (including phenoxy) is 7. The number of aliphatic hydroxyl groups is 3. The number of aliphatic carboxylic acids is 1. The molecule has 81 heavy (non-hydrogen) atoms. The van der Waals surface area contributed by atoms with E-state index in [9.17, 15) is 68.7 Å². The Morgan fingerprint density at radius 2 is 0.827 bits per heavy atom. The number of carboxylic acids is 1. The first-order chi connectivity index (χ1) is 37.5. The molecule has 0 amide bonds. The predicted octanol–water partition coefficient (Wildman–Crippen LogP) is 4.05. The Morgan fingerprint density at radius 1 is 0.556 bits per heavy atom. The topological polar surface area (TPSA) is 438 Å². The van der Waals surface area contributed by atoms with Gasteiger partial charge >= 0.3 is 97.2 Å². The first kappa shape index (κ1) is 80.4. The summed E-state index contributed by atoms with van der Waals surface area (Å²) in [6, 6.07) is -0.529. The van der Waals surface area contributed by atoms with E-state index in [4.69, 9.17) is 35.6 Å². The van der Waals surface area contributed by atoms with Crippen molar-refractivity contribution in [2.45, 2.75) is 120 Å². The molecule has 29 nitrogen and oxygen atoms in total. The zero-order valence-corrected chi connectivity index (χ0v) is 55.2. The molecular formula is C47H76I4N4O25V. The van der Waals surface area contributed by atoms with E-state index in [-0.39, 0.29) is 109 Å². The molecule has 2 aliphatic heterocycles. The molecule has 0 aromatic heterocycles. The maximum absolute atomic E-state index is 11.1. The van der Waals surface area contributed by atoms with Gasteiger partial charge < -0.3 is 59.3 Å². The number of halogens is 4. The number of aliphatic hydroxyl groups excluding tert-OH is 3. The fourth-order valence-corrected chi connectivity index (χ4v) is 9.84. The summed E-state index contributed by atoms with van der Waals surface area (Å²) in [5.41, 5.74) is 2.34. The zero-order valence-electron chi connectivity index (χ0n) is 45.2. The van der Waals surface area contributed by atoms with E-state index in [2.05, 4.69) is 109 Å². The quantitative estimate of drug-likeness (QED) is 0.0459. The Morgan fingerprint density at radius 3 is 1.05 bits per heavy atom. The Labute approximate surface area is 525 Å². The molecule has 0 aromatic rings. The van der Waals surface area contributed by atoms with Crippen LogP contribution in [0.5, 0.6) is 0 Å². The monoisotopic (exact) mass is 1660 g/mol. The van der Waals surface area contributed by atoms with Gasteiger partial charge in [0.1, 0.15) is 13.2 Å². The van der Waals surface area contributed by atoms with Gasteiger partial charge in [-0.3, -0.25) is 68.7 Å². The SMILES string of the molecule is C.CI.CI.COC(=O)C1CC(CO)([N+](=O)[O-])C1.COC(=O)C1CC(CO)([N+](=O)[O-])C1.COC(=O)C1CC(N)(CO)C1.COC(=O)C1CC([N+](=O)[O-])C1.COC(=O)C1CC2(COC(=O)C2)C1.O=C1CC2(CO1)CC(C(=O)O)C2.[I][V][I]. The van der Waals surface area contributed by atoms with Crippen LogP contribution in [0.3, 0.4) is 0 Å². The van der Waals surface area contributed by atoms with Gasteiger partial charge in [-0.1, -0.05) is 52.6 Å². The summed E-state index contributed by atoms with van der Waals surface area (Å²) in [5, 5.41) is 66.0. The first-order valence-corrected chi connectivity index (χ1v) is 37.5. The average Bonchev–Trinajstić information content (AvgIpc) is 3.98. The number of nitrogens with zero attached hydrogens (tertiary/aromatic N) is 3. The van der Waals surface area contributed by atoms with E-state index >= 15 is 0 Å². The van der Waals surface area contributed by atoms with Gasteiger partial charge in [-0.05, 0) is 48.4 Å². The van der Waals surface area contributed by atoms with Crippen LogP contribution in [0.4, 0.5) is 0 Å². The third kappa shape index (κ3) is 23.6. The number of carboxylic acid groups (broad SMARTS) is 1. The van der Waals surface area contributed by atoms with Crippen LogP contribution >= 0.6 is 85.1 Å². The van der Waals surface area contributed by atoms with Crippen LogP contribution in [0.2, 0.25) is 0 Å². The van der Waals surface area contributed by atoms with Crippen molar-refractivity contribution >= 4 is 133 Å². The van der Waals surface area contributed by atoms with Crippen molar-refractivity contribution in [1.29, 1.82) is 0 Å². The number of carbonyl (C=O) groups is 8. The van der Waals surface area contributed by atoms with Crippen molar-refractivity contribution in [2.24, 2.45) is 52.1 Å². The Kier molecular flexibility index (Phi) is 38.1. The summed E-state index contributed by atoms with van der Waals surface area (Å²) in [6.45, 7) is -0.184. The maximum atomic E-state index is 11.1. The minimum absolute atomic E-state index is 0. The van der Waals surface area contributed by atoms with E-state index in [1.165, 1.54) is 35.5 Å². The molecule has 2 saturated heterocycles. The van der Waals surface area contributed by atoms with Gasteiger partial charge in [-0.15, -0.1) is 0 Å². The third-order valence-electron chi connectivity index (χ3n) is 14.8. The Hall–Kier alpha value is -2.70. The number of hydrogen-bond acceptors (Lipinski definition) is 25. The molecule has 0 radical (unpaired) electrons. The van der Waals surface area contributed by atoms with Crippen LogP contribution in [0.1, 0.15) is 97.3 Å². The fraction of sp³-hybridized carbons (Fsp3) is 0.830. The molecule has 2 spiro atoms. The standard InChI is InChI=1S/C9H12O4.C8H10O4.2C7H11NO5.C7H13NO3.C6H9NO4.2CH3I.CH4.2HI.V/c1-12-8(11)6-2-9(3-6)4-7(10)13-5-9;9-6-3-8(4-12-6)1-5(2-8)7(10)11;2*1-13-6(10)5-2-7(3-5,4-9)8(11)12;1-11-6(10)5-2-7(8,3-5)4-9;1-11-6(8)4-2-5(3-4)7(9)10;2*1-2;;;;/h6H,2-5H2,1H3;5H,1-4H2,(H,10,11);2*5,9H,2-4H2,1H3;5,9H,2-4,8H2,1H3;4-5H,2-3H2,1H3;2*1H3;1H4;2*1H;/q;;;;;;;;;;;+2/p-2. The van der Waals surface area contributed by atoms with E-state index in [0.717, 1.165) is 12.8 Å². The summed E-state index contributed by atoms with van der Waals surface area (Å²) in [4.78, 5) is 120. The summed E-state index contributed by atoms with van der Waals surface area (Å²) in [7, 11) is 7.16. The van der Waals surface area contributed by atoms with Gasteiger partial charge in [0.2, 0.25) is 17.1 Å². The van der Waals surface area contributed by atoms with Crippen molar-refractivity contribution < 1.29 is 116 Å². The second-order valence-electron chi connectivity index (χ2n) is 20.1. The van der Waals surface area contributed by atoms with Gasteiger partial charge in [0.05, 0.1) is 104 Å². The zero-order chi connectivity index (χ0) is 62.0. The van der Waals surface area contributed by atoms with Crippen LogP contribution in [0.25, 0.3) is 0 Å². The molecule has 8 fully saturated rings. The molecule has 0 bridgehead atoms. The molecule has 6 aliphatic carbocycles. The van der Waals surface area contributed by atoms with Gasteiger partial charge in [-0.25, -0.2) is 0 Å². The Bertz CT molecular complexity index is 2050. The van der Waals surface area contributed by atoms with Crippen LogP contribution < -0.4 is 5.73 Å². The molecule has 0 atom stereocenters. The van der Waals surface area contributed by atoms with Crippen molar-refractivity contribution in [1.82, 2.24) is 0 Å². The van der Waals surface area contributed by atoms with Crippen molar-refractivity contribution in [3.63, 3.8) is 0 Å². The molecule has 6 saturated carbocycles. The van der Waals surface area contributed by atoms with E-state index in [1.807, 2.05) is 9.86 Å². The van der Waals surface area contributed by atoms with E-state index in [1.54, 1.807) is 0 Å². The number of nitrogens with two attached hydrogens (primary N) is 1. The first-order valence-electron chi connectivity index (χ1n) is 24.2. The molecule has 467 valence electrons. The van der Waals surface area contributed by atoms with E-state index in [0.29, 0.717) is 74.0 Å². The minimum atomic E-state index is -1.31. The normalized spacial score (nSPS) is 31.2. The average molecular weight is 1660 g/mol. The number of hydrogen-bond donors (Lipinski definition) is 5. The fourth-order valence-electron chi connectivity index (χ4n) is 9.84. The van der Waals surface area contributed by atoms with Crippen molar-refractivity contribution in [2.75, 3.05) is 78.4 Å². The number of rotatable bonds is 12. The molecule has 2 heterocycles. The number of methoxy groups -OCH3 is 5. The summed E-state index contributed by atoms with van der Waals surface area (Å²) in [6.07, 6.45) is 5.61. The number of cyclic esters (lactones) is 2. The molecular weight excluding hydrogens is 1580 g/mol. The molecule has 0 unspecified atom stereocenters. The molecule has 6 N–H and O–H groups in total. The van der Waals surface area contributed by atoms with E-state index < -0.39 is 75.5 Å². The number of esters is 7. The summed E-state index contributed by atoms with van der Waals surface area (Å²) in [5.74, 6) is -4.12. The van der Waals surface area contributed by atoms with Crippen LogP contribution in [0.15, 0.2) is 0 Å². The van der Waals surface area contributed by atoms with Crippen LogP contribution in [-0.2, 0) is 81.0 Å². The van der Waals surface area contributed by atoms with Gasteiger partial charge in [0.25, 0.3) is 0 Å². The predicted molar refractivity (Wildman–Crippen MR) is 313 cm³/mol. The molecule has 8 aliphatic rings. The molecule has 8 rings (SSSR count). The summed E-state index contributed by atoms with van der Waals surface area (Å²) >= 11 is 9.04. The molecule has 34 heteroatoms. The number of nitro groups is 3. The second-order valence-corrected chi connectivity index (χ2v) is 31.9. The third-order valence-corrected chi connectivity index (χ3v) is 14.8. The molecule has 0 aromatic carbocycles. The number of alkyl halides is 2. The van der Waals surface area contributed by atoms with Crippen LogP contribution in [-0.4, -0.2) is 184 Å². The van der Waals surface area contributed by atoms with Crippen molar-refractivity contribution in [3.8, 4) is 0 Å². The Balaban J connectivity index is 0.